The van der Waals surface area contributed by atoms with Crippen molar-refractivity contribution in [2.24, 2.45) is 0 Å². The molecular formula is C19H27F2NO3. The number of ether oxygens (including phenoxy) is 1. The van der Waals surface area contributed by atoms with Gasteiger partial charge in [-0.05, 0) is 50.5 Å². The summed E-state index contributed by atoms with van der Waals surface area (Å²) in [5, 5.41) is 9.11. The lowest BCUT2D eigenvalue weighted by molar-refractivity contribution is 0.0270. The third-order valence-electron chi connectivity index (χ3n) is 3.25. The van der Waals surface area contributed by atoms with Gasteiger partial charge in [-0.25, -0.2) is 13.6 Å². The Balaban J connectivity index is 0.000000970. The molecule has 0 spiro atoms. The second-order valence-corrected chi connectivity index (χ2v) is 6.90. The van der Waals surface area contributed by atoms with Crippen molar-refractivity contribution < 1.29 is 23.4 Å². The van der Waals surface area contributed by atoms with Gasteiger partial charge in [-0.2, -0.15) is 0 Å². The van der Waals surface area contributed by atoms with Gasteiger partial charge >= 0.3 is 6.09 Å². The number of amides is 1. The van der Waals surface area contributed by atoms with E-state index in [1.165, 1.54) is 11.3 Å². The number of rotatable bonds is 1. The van der Waals surface area contributed by atoms with E-state index in [1.807, 2.05) is 0 Å². The van der Waals surface area contributed by atoms with Crippen LogP contribution in [0.2, 0.25) is 0 Å². The zero-order valence-electron chi connectivity index (χ0n) is 15.5. The summed E-state index contributed by atoms with van der Waals surface area (Å²) in [6, 6.07) is 2.18. The minimum Gasteiger partial charge on any atom is -0.503 e. The van der Waals surface area contributed by atoms with Gasteiger partial charge < -0.3 is 14.7 Å². The Morgan fingerprint density at radius 3 is 2.16 bits per heavy atom. The molecule has 0 aromatic heterocycles. The number of aromatic hydroxyl groups is 1. The van der Waals surface area contributed by atoms with E-state index in [9.17, 15) is 13.6 Å². The lowest BCUT2D eigenvalue weighted by Crippen LogP contribution is -2.39. The highest BCUT2D eigenvalue weighted by atomic mass is 19.1. The van der Waals surface area contributed by atoms with Gasteiger partial charge in [0, 0.05) is 13.1 Å². The van der Waals surface area contributed by atoms with E-state index in [2.05, 4.69) is 13.8 Å². The first kappa shape index (κ1) is 20.9. The number of nitrogens with zero attached hydrogens (tertiary/aromatic N) is 1. The second kappa shape index (κ2) is 8.83. The highest BCUT2D eigenvalue weighted by Gasteiger charge is 2.24. The molecule has 0 atom stereocenters. The highest BCUT2D eigenvalue weighted by molar-refractivity contribution is 5.73. The SMILES string of the molecule is CC(C)(C)OC(=O)N1CC=C(c2cc(F)c(O)c(F)c2)CC1.CCC. The zero-order valence-corrected chi connectivity index (χ0v) is 15.5. The Kier molecular flexibility index (Phi) is 7.39. The van der Waals surface area contributed by atoms with E-state index in [-0.39, 0.29) is 0 Å². The summed E-state index contributed by atoms with van der Waals surface area (Å²) in [7, 11) is 0. The summed E-state index contributed by atoms with van der Waals surface area (Å²) in [4.78, 5) is 13.5. The summed E-state index contributed by atoms with van der Waals surface area (Å²) in [5.41, 5.74) is 0.541. The highest BCUT2D eigenvalue weighted by Crippen LogP contribution is 2.29. The van der Waals surface area contributed by atoms with Crippen molar-refractivity contribution in [2.45, 2.75) is 53.1 Å². The van der Waals surface area contributed by atoms with Gasteiger partial charge in [-0.15, -0.1) is 0 Å². The number of carbonyl (C=O) groups is 1. The fourth-order valence-corrected chi connectivity index (χ4v) is 2.17. The van der Waals surface area contributed by atoms with Gasteiger partial charge in [0.2, 0.25) is 0 Å². The topological polar surface area (TPSA) is 49.8 Å². The average molecular weight is 355 g/mol. The smallest absolute Gasteiger partial charge is 0.410 e. The fraction of sp³-hybridized carbons (Fsp3) is 0.526. The molecule has 0 fully saturated rings. The van der Waals surface area contributed by atoms with Gasteiger partial charge in [-0.3, -0.25) is 0 Å². The van der Waals surface area contributed by atoms with Crippen LogP contribution in [-0.2, 0) is 4.74 Å². The second-order valence-electron chi connectivity index (χ2n) is 6.90. The Morgan fingerprint density at radius 2 is 1.76 bits per heavy atom. The Morgan fingerprint density at radius 1 is 1.24 bits per heavy atom. The van der Waals surface area contributed by atoms with Gasteiger partial charge in [0.1, 0.15) is 5.60 Å². The number of benzene rings is 1. The van der Waals surface area contributed by atoms with Crippen LogP contribution in [0.1, 0.15) is 53.0 Å². The monoisotopic (exact) mass is 355 g/mol. The van der Waals surface area contributed by atoms with Crippen LogP contribution in [-0.4, -0.2) is 34.8 Å². The lowest BCUT2D eigenvalue weighted by Gasteiger charge is -2.29. The molecule has 0 saturated heterocycles. The van der Waals surface area contributed by atoms with Crippen LogP contribution in [0.3, 0.4) is 0 Å². The fourth-order valence-electron chi connectivity index (χ4n) is 2.17. The predicted molar refractivity (Wildman–Crippen MR) is 94.4 cm³/mol. The van der Waals surface area contributed by atoms with Crippen molar-refractivity contribution in [3.8, 4) is 5.75 Å². The molecule has 6 heteroatoms. The quantitative estimate of drug-likeness (QED) is 0.761. The molecule has 2 rings (SSSR count). The maximum atomic E-state index is 13.4. The van der Waals surface area contributed by atoms with E-state index in [1.54, 1.807) is 26.8 Å². The van der Waals surface area contributed by atoms with Crippen molar-refractivity contribution in [3.05, 3.63) is 35.4 Å². The average Bonchev–Trinajstić information content (AvgIpc) is 2.51. The molecule has 1 amide bonds. The molecule has 0 unspecified atom stereocenters. The number of hydrogen-bond donors (Lipinski definition) is 1. The van der Waals surface area contributed by atoms with E-state index < -0.39 is 29.1 Å². The third kappa shape index (κ3) is 6.36. The van der Waals surface area contributed by atoms with Crippen LogP contribution in [0.25, 0.3) is 5.57 Å². The Bertz CT molecular complexity index is 613. The van der Waals surface area contributed by atoms with Crippen LogP contribution in [0, 0.1) is 11.6 Å². The Labute approximate surface area is 148 Å². The molecule has 1 aromatic carbocycles. The number of carbonyl (C=O) groups excluding carboxylic acids is 1. The van der Waals surface area contributed by atoms with Crippen LogP contribution < -0.4 is 0 Å². The Hall–Kier alpha value is -2.11. The van der Waals surface area contributed by atoms with E-state index in [0.29, 0.717) is 25.1 Å². The molecule has 25 heavy (non-hydrogen) atoms. The van der Waals surface area contributed by atoms with Crippen LogP contribution >= 0.6 is 0 Å². The summed E-state index contributed by atoms with van der Waals surface area (Å²) < 4.78 is 32.0. The first-order valence-corrected chi connectivity index (χ1v) is 8.44. The van der Waals surface area contributed by atoms with Gasteiger partial charge in [-0.1, -0.05) is 26.3 Å². The molecule has 1 heterocycles. The summed E-state index contributed by atoms with van der Waals surface area (Å²) in [6.07, 6.45) is 3.03. The van der Waals surface area contributed by atoms with Crippen molar-refractivity contribution >= 4 is 11.7 Å². The maximum absolute atomic E-state index is 13.4. The van der Waals surface area contributed by atoms with Crippen LogP contribution in [0.15, 0.2) is 18.2 Å². The minimum atomic E-state index is -0.995. The number of phenols is 1. The van der Waals surface area contributed by atoms with E-state index >= 15 is 0 Å². The van der Waals surface area contributed by atoms with E-state index in [0.717, 1.165) is 17.7 Å². The van der Waals surface area contributed by atoms with Crippen molar-refractivity contribution in [1.82, 2.24) is 4.90 Å². The predicted octanol–water partition coefficient (Wildman–Crippen LogP) is 5.11. The molecule has 0 saturated carbocycles. The third-order valence-corrected chi connectivity index (χ3v) is 3.25. The van der Waals surface area contributed by atoms with Crippen molar-refractivity contribution in [2.75, 3.05) is 13.1 Å². The van der Waals surface area contributed by atoms with Crippen molar-refractivity contribution in [1.29, 1.82) is 0 Å². The minimum absolute atomic E-state index is 0.314. The van der Waals surface area contributed by atoms with Crippen LogP contribution in [0.4, 0.5) is 13.6 Å². The molecular weight excluding hydrogens is 328 g/mol. The molecule has 0 aliphatic carbocycles. The number of phenolic OH excluding ortho intramolecular Hbond substituents is 1. The molecule has 4 nitrogen and oxygen atoms in total. The maximum Gasteiger partial charge on any atom is 0.410 e. The standard InChI is InChI=1S/C16H19F2NO3.C3H8/c1-16(2,3)22-15(21)19-6-4-10(5-7-19)11-8-12(17)14(20)13(18)9-11;1-3-2/h4,8-9,20H,5-7H2,1-3H3;3H2,1-2H3. The molecule has 1 aromatic rings. The molecule has 140 valence electrons. The molecule has 1 aliphatic heterocycles. The van der Waals surface area contributed by atoms with Crippen LogP contribution in [0.5, 0.6) is 5.75 Å². The summed E-state index contributed by atoms with van der Waals surface area (Å²) >= 11 is 0. The van der Waals surface area contributed by atoms with Gasteiger partial charge in [0.05, 0.1) is 0 Å². The molecule has 0 bridgehead atoms. The van der Waals surface area contributed by atoms with E-state index in [4.69, 9.17) is 9.84 Å². The number of hydrogen-bond acceptors (Lipinski definition) is 3. The summed E-state index contributed by atoms with van der Waals surface area (Å²) in [6.45, 7) is 10.3. The molecule has 1 N–H and O–H groups in total. The first-order valence-electron chi connectivity index (χ1n) is 8.44. The van der Waals surface area contributed by atoms with Crippen molar-refractivity contribution in [3.63, 3.8) is 0 Å². The summed E-state index contributed by atoms with van der Waals surface area (Å²) in [5.74, 6) is -2.97. The number of halogens is 2. The molecule has 1 aliphatic rings. The first-order chi connectivity index (χ1) is 11.6. The lowest BCUT2D eigenvalue weighted by atomic mass is 9.99. The van der Waals surface area contributed by atoms with Gasteiger partial charge in [0.25, 0.3) is 0 Å². The normalized spacial score (nSPS) is 14.4. The zero-order chi connectivity index (χ0) is 19.2. The molecule has 0 radical (unpaired) electrons. The largest absolute Gasteiger partial charge is 0.503 e. The van der Waals surface area contributed by atoms with Gasteiger partial charge in [0.15, 0.2) is 17.4 Å².